The minimum absolute atomic E-state index is 0.00920. The number of benzene rings is 1. The van der Waals surface area contributed by atoms with Gasteiger partial charge in [-0.05, 0) is 32.4 Å². The van der Waals surface area contributed by atoms with Crippen LogP contribution in [0.15, 0.2) is 16.9 Å². The fourth-order valence-corrected chi connectivity index (χ4v) is 3.72. The van der Waals surface area contributed by atoms with E-state index >= 15 is 0 Å². The molecule has 7 heteroatoms. The number of aromatic nitrogens is 2. The lowest BCUT2D eigenvalue weighted by Gasteiger charge is -2.31. The Labute approximate surface area is 152 Å². The lowest BCUT2D eigenvalue weighted by atomic mass is 10.1. The molecule has 1 N–H and O–H groups in total. The zero-order valence-corrected chi connectivity index (χ0v) is 15.4. The van der Waals surface area contributed by atoms with Gasteiger partial charge in [0.1, 0.15) is 5.82 Å². The first-order chi connectivity index (χ1) is 12.6. The maximum Gasteiger partial charge on any atom is 0.261 e. The summed E-state index contributed by atoms with van der Waals surface area (Å²) in [5.74, 6) is -1.34. The van der Waals surface area contributed by atoms with Gasteiger partial charge in [0, 0.05) is 32.2 Å². The number of nitrogens with one attached hydrogen (secondary N) is 1. The Hall–Kier alpha value is -1.86. The number of nitrogens with zero attached hydrogens (tertiary/aromatic N) is 3. The zero-order chi connectivity index (χ0) is 18.7. The summed E-state index contributed by atoms with van der Waals surface area (Å²) in [6, 6.07) is 1.98. The molecule has 1 aromatic heterocycles. The van der Waals surface area contributed by atoms with Crippen molar-refractivity contribution in [3.8, 4) is 0 Å². The van der Waals surface area contributed by atoms with Gasteiger partial charge in [-0.25, -0.2) is 13.8 Å². The van der Waals surface area contributed by atoms with Crippen LogP contribution in [0.4, 0.5) is 8.78 Å². The number of halogens is 2. The summed E-state index contributed by atoms with van der Waals surface area (Å²) in [5, 5.41) is 3.51. The van der Waals surface area contributed by atoms with Crippen molar-refractivity contribution < 1.29 is 8.78 Å². The van der Waals surface area contributed by atoms with E-state index in [4.69, 9.17) is 0 Å². The highest BCUT2D eigenvalue weighted by atomic mass is 19.2. The summed E-state index contributed by atoms with van der Waals surface area (Å²) >= 11 is 0. The van der Waals surface area contributed by atoms with Gasteiger partial charge in [-0.3, -0.25) is 14.3 Å². The molecule has 1 unspecified atom stereocenters. The summed E-state index contributed by atoms with van der Waals surface area (Å²) in [7, 11) is 0. The second-order valence-corrected chi connectivity index (χ2v) is 6.75. The van der Waals surface area contributed by atoms with Crippen LogP contribution in [0.25, 0.3) is 10.9 Å². The highest BCUT2D eigenvalue weighted by Gasteiger charge is 2.26. The van der Waals surface area contributed by atoms with E-state index < -0.39 is 11.6 Å². The van der Waals surface area contributed by atoms with Crippen molar-refractivity contribution >= 4 is 10.9 Å². The molecule has 0 aliphatic carbocycles. The highest BCUT2D eigenvalue weighted by Crippen LogP contribution is 2.26. The van der Waals surface area contributed by atoms with Crippen molar-refractivity contribution in [1.29, 1.82) is 0 Å². The Kier molecular flexibility index (Phi) is 5.98. The van der Waals surface area contributed by atoms with Gasteiger partial charge in [0.05, 0.1) is 16.9 Å². The van der Waals surface area contributed by atoms with Crippen LogP contribution in [0.2, 0.25) is 0 Å². The molecule has 1 aromatic carbocycles. The first-order valence-corrected chi connectivity index (χ1v) is 9.41. The molecule has 5 nitrogen and oxygen atoms in total. The average molecular weight is 364 g/mol. The van der Waals surface area contributed by atoms with Crippen molar-refractivity contribution in [2.24, 2.45) is 0 Å². The molecule has 3 rings (SSSR count). The SMILES string of the molecule is CCCC(c1nc2cc(F)c(F)cc2c(=O)n1CC)N1CCCNCC1. The van der Waals surface area contributed by atoms with Crippen LogP contribution < -0.4 is 10.9 Å². The minimum Gasteiger partial charge on any atom is -0.315 e. The van der Waals surface area contributed by atoms with Crippen molar-refractivity contribution in [2.45, 2.75) is 45.7 Å². The minimum atomic E-state index is -1.02. The third-order valence-corrected chi connectivity index (χ3v) is 5.02. The predicted molar refractivity (Wildman–Crippen MR) is 98.3 cm³/mol. The van der Waals surface area contributed by atoms with E-state index in [1.807, 2.05) is 6.92 Å². The van der Waals surface area contributed by atoms with Crippen LogP contribution in [0.5, 0.6) is 0 Å². The molecule has 1 atom stereocenters. The van der Waals surface area contributed by atoms with E-state index in [1.54, 1.807) is 4.57 Å². The number of rotatable bonds is 5. The molecule has 0 saturated carbocycles. The molecular weight excluding hydrogens is 338 g/mol. The molecule has 1 aliphatic rings. The Morgan fingerprint density at radius 1 is 1.19 bits per heavy atom. The van der Waals surface area contributed by atoms with Gasteiger partial charge < -0.3 is 5.32 Å². The largest absolute Gasteiger partial charge is 0.315 e. The van der Waals surface area contributed by atoms with Crippen LogP contribution in [0.1, 0.15) is 45.0 Å². The molecule has 0 bridgehead atoms. The van der Waals surface area contributed by atoms with E-state index in [2.05, 4.69) is 22.1 Å². The number of hydrogen-bond donors (Lipinski definition) is 1. The molecule has 2 aromatic rings. The van der Waals surface area contributed by atoms with Crippen LogP contribution in [0, 0.1) is 11.6 Å². The van der Waals surface area contributed by atoms with Gasteiger partial charge in [-0.15, -0.1) is 0 Å². The summed E-state index contributed by atoms with van der Waals surface area (Å²) in [6.07, 6.45) is 2.84. The second-order valence-electron chi connectivity index (χ2n) is 6.75. The molecule has 0 spiro atoms. The summed E-state index contributed by atoms with van der Waals surface area (Å²) in [4.78, 5) is 19.9. The van der Waals surface area contributed by atoms with E-state index in [-0.39, 0.29) is 22.5 Å². The monoisotopic (exact) mass is 364 g/mol. The summed E-state index contributed by atoms with van der Waals surface area (Å²) < 4.78 is 28.9. The van der Waals surface area contributed by atoms with E-state index in [0.29, 0.717) is 12.4 Å². The molecule has 0 amide bonds. The van der Waals surface area contributed by atoms with Crippen LogP contribution in [-0.4, -0.2) is 40.6 Å². The second kappa shape index (κ2) is 8.22. The topological polar surface area (TPSA) is 50.2 Å². The van der Waals surface area contributed by atoms with E-state index in [1.165, 1.54) is 0 Å². The maximum absolute atomic E-state index is 13.7. The first kappa shape index (κ1) is 18.9. The van der Waals surface area contributed by atoms with E-state index in [0.717, 1.165) is 57.6 Å². The quantitative estimate of drug-likeness (QED) is 0.886. The fourth-order valence-electron chi connectivity index (χ4n) is 3.72. The third-order valence-electron chi connectivity index (χ3n) is 5.02. The number of fused-ring (bicyclic) bond motifs is 1. The highest BCUT2D eigenvalue weighted by molar-refractivity contribution is 5.77. The van der Waals surface area contributed by atoms with E-state index in [9.17, 15) is 13.6 Å². The Balaban J connectivity index is 2.16. The van der Waals surface area contributed by atoms with Gasteiger partial charge in [-0.2, -0.15) is 0 Å². The summed E-state index contributed by atoms with van der Waals surface area (Å²) in [6.45, 7) is 8.10. The fraction of sp³-hybridized carbons (Fsp3) is 0.579. The van der Waals surface area contributed by atoms with Crippen molar-refractivity contribution in [3.63, 3.8) is 0 Å². The Morgan fingerprint density at radius 3 is 2.69 bits per heavy atom. The van der Waals surface area contributed by atoms with Crippen LogP contribution in [-0.2, 0) is 6.54 Å². The normalized spacial score (nSPS) is 17.4. The first-order valence-electron chi connectivity index (χ1n) is 9.41. The van der Waals surface area contributed by atoms with Gasteiger partial charge in [0.25, 0.3) is 5.56 Å². The molecule has 1 fully saturated rings. The van der Waals surface area contributed by atoms with Crippen LogP contribution in [0.3, 0.4) is 0 Å². The van der Waals surface area contributed by atoms with Gasteiger partial charge in [0.15, 0.2) is 11.6 Å². The molecular formula is C19H26F2N4O. The van der Waals surface area contributed by atoms with Crippen molar-refractivity contribution in [2.75, 3.05) is 26.2 Å². The zero-order valence-electron chi connectivity index (χ0n) is 15.4. The van der Waals surface area contributed by atoms with Gasteiger partial charge in [0.2, 0.25) is 0 Å². The Morgan fingerprint density at radius 2 is 1.96 bits per heavy atom. The predicted octanol–water partition coefficient (Wildman–Crippen LogP) is 2.83. The van der Waals surface area contributed by atoms with Crippen molar-refractivity contribution in [1.82, 2.24) is 19.8 Å². The van der Waals surface area contributed by atoms with Crippen molar-refractivity contribution in [3.05, 3.63) is 39.9 Å². The molecule has 1 aliphatic heterocycles. The Bertz CT molecular complexity index is 828. The standard InChI is InChI=1S/C19H26F2N4O/c1-3-6-17(24-9-5-7-22-8-10-24)18-23-16-12-15(21)14(20)11-13(16)19(26)25(18)4-2/h11-12,17,22H,3-10H2,1-2H3. The lowest BCUT2D eigenvalue weighted by Crippen LogP contribution is -2.37. The molecule has 26 heavy (non-hydrogen) atoms. The molecule has 142 valence electrons. The molecule has 1 saturated heterocycles. The lowest BCUT2D eigenvalue weighted by molar-refractivity contribution is 0.185. The summed E-state index contributed by atoms with van der Waals surface area (Å²) in [5.41, 5.74) is -0.0805. The van der Waals surface area contributed by atoms with Crippen LogP contribution >= 0.6 is 0 Å². The smallest absolute Gasteiger partial charge is 0.261 e. The van der Waals surface area contributed by atoms with Gasteiger partial charge in [-0.1, -0.05) is 13.3 Å². The maximum atomic E-state index is 13.7. The number of hydrogen-bond acceptors (Lipinski definition) is 4. The average Bonchev–Trinajstić information content (AvgIpc) is 2.91. The van der Waals surface area contributed by atoms with Gasteiger partial charge >= 0.3 is 0 Å². The third kappa shape index (κ3) is 3.64. The molecule has 2 heterocycles. The molecule has 0 radical (unpaired) electrons.